The molecule has 0 fully saturated rings. The van der Waals surface area contributed by atoms with Crippen molar-refractivity contribution in [2.24, 2.45) is 0 Å². The molecule has 1 heterocycles. The molecule has 3 heteroatoms. The number of rotatable bonds is 3. The SMILES string of the molecule is CC(O)(Cc1ccc(F)cc1)c1ccsc1. The summed E-state index contributed by atoms with van der Waals surface area (Å²) in [6.07, 6.45) is 0.490. The van der Waals surface area contributed by atoms with E-state index in [1.807, 2.05) is 16.8 Å². The normalized spacial score (nSPS) is 14.7. The van der Waals surface area contributed by atoms with Crippen LogP contribution in [0.1, 0.15) is 18.1 Å². The van der Waals surface area contributed by atoms with Gasteiger partial charge in [-0.1, -0.05) is 12.1 Å². The van der Waals surface area contributed by atoms with Gasteiger partial charge in [0.1, 0.15) is 5.82 Å². The summed E-state index contributed by atoms with van der Waals surface area (Å²) in [6, 6.07) is 8.15. The van der Waals surface area contributed by atoms with E-state index in [9.17, 15) is 9.50 Å². The Morgan fingerprint density at radius 1 is 1.25 bits per heavy atom. The molecule has 0 saturated heterocycles. The van der Waals surface area contributed by atoms with Crippen LogP contribution in [0.4, 0.5) is 4.39 Å². The van der Waals surface area contributed by atoms with Gasteiger partial charge in [-0.25, -0.2) is 4.39 Å². The molecule has 1 nitrogen and oxygen atoms in total. The minimum absolute atomic E-state index is 0.251. The fourth-order valence-electron chi connectivity index (χ4n) is 1.67. The van der Waals surface area contributed by atoms with Crippen LogP contribution in [0.5, 0.6) is 0 Å². The molecule has 1 atom stereocenters. The van der Waals surface area contributed by atoms with Gasteiger partial charge in [0.2, 0.25) is 0 Å². The van der Waals surface area contributed by atoms with E-state index in [0.29, 0.717) is 6.42 Å². The maximum absolute atomic E-state index is 12.7. The number of hydrogen-bond donors (Lipinski definition) is 1. The molecule has 0 saturated carbocycles. The Hall–Kier alpha value is -1.19. The molecule has 0 amide bonds. The highest BCUT2D eigenvalue weighted by Crippen LogP contribution is 2.27. The van der Waals surface area contributed by atoms with Crippen LogP contribution in [0.15, 0.2) is 41.1 Å². The smallest absolute Gasteiger partial charge is 0.123 e. The molecular weight excluding hydrogens is 223 g/mol. The molecule has 1 aromatic heterocycles. The van der Waals surface area contributed by atoms with E-state index in [2.05, 4.69) is 0 Å². The fourth-order valence-corrected chi connectivity index (χ4v) is 2.46. The van der Waals surface area contributed by atoms with Gasteiger partial charge in [0, 0.05) is 6.42 Å². The third kappa shape index (κ3) is 2.49. The summed E-state index contributed by atoms with van der Waals surface area (Å²) in [4.78, 5) is 0. The average Bonchev–Trinajstić information content (AvgIpc) is 2.75. The van der Waals surface area contributed by atoms with Gasteiger partial charge in [0.05, 0.1) is 5.60 Å². The van der Waals surface area contributed by atoms with Crippen molar-refractivity contribution in [2.75, 3.05) is 0 Å². The molecule has 16 heavy (non-hydrogen) atoms. The van der Waals surface area contributed by atoms with Crippen molar-refractivity contribution >= 4 is 11.3 Å². The molecule has 0 bridgehead atoms. The summed E-state index contributed by atoms with van der Waals surface area (Å²) in [7, 11) is 0. The Morgan fingerprint density at radius 3 is 2.50 bits per heavy atom. The minimum Gasteiger partial charge on any atom is -0.385 e. The van der Waals surface area contributed by atoms with Gasteiger partial charge in [-0.3, -0.25) is 0 Å². The maximum Gasteiger partial charge on any atom is 0.123 e. The molecular formula is C13H13FOS. The monoisotopic (exact) mass is 236 g/mol. The molecule has 0 aliphatic heterocycles. The zero-order chi connectivity index (χ0) is 11.6. The topological polar surface area (TPSA) is 20.2 Å². The number of aliphatic hydroxyl groups is 1. The summed E-state index contributed by atoms with van der Waals surface area (Å²) in [5.74, 6) is -0.251. The predicted octanol–water partition coefficient (Wildman–Crippen LogP) is 3.34. The van der Waals surface area contributed by atoms with Crippen molar-refractivity contribution in [3.63, 3.8) is 0 Å². The van der Waals surface area contributed by atoms with Crippen LogP contribution in [0.3, 0.4) is 0 Å². The van der Waals surface area contributed by atoms with Gasteiger partial charge < -0.3 is 5.11 Å². The second kappa shape index (κ2) is 4.36. The largest absolute Gasteiger partial charge is 0.385 e. The first-order chi connectivity index (χ1) is 7.58. The van der Waals surface area contributed by atoms with Crippen LogP contribution >= 0.6 is 11.3 Å². The fraction of sp³-hybridized carbons (Fsp3) is 0.231. The van der Waals surface area contributed by atoms with Crippen molar-refractivity contribution in [3.05, 3.63) is 58.0 Å². The lowest BCUT2D eigenvalue weighted by molar-refractivity contribution is 0.0580. The molecule has 1 N–H and O–H groups in total. The standard InChI is InChI=1S/C13H13FOS/c1-13(15,11-6-7-16-9-11)8-10-2-4-12(14)5-3-10/h2-7,9,15H,8H2,1H3. The lowest BCUT2D eigenvalue weighted by Gasteiger charge is -2.22. The summed E-state index contributed by atoms with van der Waals surface area (Å²) in [6.45, 7) is 1.78. The quantitative estimate of drug-likeness (QED) is 0.866. The minimum atomic E-state index is -0.891. The lowest BCUT2D eigenvalue weighted by atomic mass is 9.91. The van der Waals surface area contributed by atoms with Crippen molar-refractivity contribution in [1.82, 2.24) is 0 Å². The third-order valence-electron chi connectivity index (χ3n) is 2.60. The van der Waals surface area contributed by atoms with Gasteiger partial charge in [0.25, 0.3) is 0 Å². The molecule has 0 spiro atoms. The van der Waals surface area contributed by atoms with Crippen molar-refractivity contribution < 1.29 is 9.50 Å². The van der Waals surface area contributed by atoms with Gasteiger partial charge in [-0.15, -0.1) is 0 Å². The van der Waals surface area contributed by atoms with Gasteiger partial charge in [-0.05, 0) is 47.0 Å². The van der Waals surface area contributed by atoms with Crippen molar-refractivity contribution in [1.29, 1.82) is 0 Å². The summed E-state index contributed by atoms with van der Waals surface area (Å²) in [5, 5.41) is 14.2. The zero-order valence-corrected chi connectivity index (χ0v) is 9.80. The Morgan fingerprint density at radius 2 is 1.94 bits per heavy atom. The molecule has 84 valence electrons. The van der Waals surface area contributed by atoms with E-state index in [-0.39, 0.29) is 5.82 Å². The van der Waals surface area contributed by atoms with Crippen molar-refractivity contribution in [3.8, 4) is 0 Å². The Balaban J connectivity index is 2.18. The molecule has 0 radical (unpaired) electrons. The van der Waals surface area contributed by atoms with E-state index < -0.39 is 5.60 Å². The molecule has 0 aliphatic carbocycles. The second-order valence-electron chi connectivity index (χ2n) is 4.09. The Bertz CT molecular complexity index is 445. The van der Waals surface area contributed by atoms with E-state index in [4.69, 9.17) is 0 Å². The highest BCUT2D eigenvalue weighted by molar-refractivity contribution is 7.08. The maximum atomic E-state index is 12.7. The zero-order valence-electron chi connectivity index (χ0n) is 8.98. The van der Waals surface area contributed by atoms with E-state index >= 15 is 0 Å². The van der Waals surface area contributed by atoms with E-state index in [1.165, 1.54) is 12.1 Å². The van der Waals surface area contributed by atoms with Gasteiger partial charge in [0.15, 0.2) is 0 Å². The second-order valence-corrected chi connectivity index (χ2v) is 4.87. The van der Waals surface area contributed by atoms with E-state index in [1.54, 1.807) is 30.4 Å². The van der Waals surface area contributed by atoms with Crippen LogP contribution in [0.25, 0.3) is 0 Å². The van der Waals surface area contributed by atoms with Crippen LogP contribution < -0.4 is 0 Å². The molecule has 2 rings (SSSR count). The lowest BCUT2D eigenvalue weighted by Crippen LogP contribution is -2.23. The highest BCUT2D eigenvalue weighted by Gasteiger charge is 2.23. The molecule has 2 aromatic rings. The van der Waals surface area contributed by atoms with Gasteiger partial charge >= 0.3 is 0 Å². The number of thiophene rings is 1. The number of hydrogen-bond acceptors (Lipinski definition) is 2. The summed E-state index contributed by atoms with van der Waals surface area (Å²) in [5.41, 5.74) is 0.942. The number of halogens is 1. The first-order valence-corrected chi connectivity index (χ1v) is 6.02. The summed E-state index contributed by atoms with van der Waals surface area (Å²) >= 11 is 1.56. The molecule has 1 unspecified atom stereocenters. The number of benzene rings is 1. The van der Waals surface area contributed by atoms with Crippen LogP contribution in [-0.2, 0) is 12.0 Å². The Kier molecular flexibility index (Phi) is 3.08. The predicted molar refractivity (Wildman–Crippen MR) is 64.0 cm³/mol. The van der Waals surface area contributed by atoms with E-state index in [0.717, 1.165) is 11.1 Å². The van der Waals surface area contributed by atoms with Crippen LogP contribution in [-0.4, -0.2) is 5.11 Å². The third-order valence-corrected chi connectivity index (χ3v) is 3.29. The first-order valence-electron chi connectivity index (χ1n) is 5.07. The summed E-state index contributed by atoms with van der Waals surface area (Å²) < 4.78 is 12.7. The molecule has 1 aromatic carbocycles. The molecule has 0 aliphatic rings. The highest BCUT2D eigenvalue weighted by atomic mass is 32.1. The van der Waals surface area contributed by atoms with Crippen LogP contribution in [0, 0.1) is 5.82 Å². The van der Waals surface area contributed by atoms with Gasteiger partial charge in [-0.2, -0.15) is 11.3 Å². The first kappa shape index (κ1) is 11.3. The van der Waals surface area contributed by atoms with Crippen molar-refractivity contribution in [2.45, 2.75) is 18.9 Å². The van der Waals surface area contributed by atoms with Crippen LogP contribution in [0.2, 0.25) is 0 Å². The Labute approximate surface area is 98.2 Å². The average molecular weight is 236 g/mol.